The van der Waals surface area contributed by atoms with Gasteiger partial charge in [-0.15, -0.1) is 0 Å². The second-order valence-corrected chi connectivity index (χ2v) is 4.17. The first-order valence-electron chi connectivity index (χ1n) is 5.20. The van der Waals surface area contributed by atoms with Gasteiger partial charge in [-0.3, -0.25) is 4.79 Å². The third kappa shape index (κ3) is 2.51. The summed E-state index contributed by atoms with van der Waals surface area (Å²) in [4.78, 5) is 17.8. The Balaban J connectivity index is 2.12. The van der Waals surface area contributed by atoms with Crippen LogP contribution in [0.2, 0.25) is 5.15 Å². The van der Waals surface area contributed by atoms with Crippen LogP contribution in [0.5, 0.6) is 0 Å². The molecule has 1 saturated heterocycles. The molecule has 2 rings (SSSR count). The van der Waals surface area contributed by atoms with Gasteiger partial charge in [0.2, 0.25) is 0 Å². The summed E-state index contributed by atoms with van der Waals surface area (Å²) in [7, 11) is 0. The Labute approximate surface area is 99.2 Å². The van der Waals surface area contributed by atoms with Crippen LogP contribution in [0.25, 0.3) is 0 Å². The van der Waals surface area contributed by atoms with Crippen molar-refractivity contribution in [2.75, 3.05) is 19.7 Å². The Morgan fingerprint density at radius 2 is 2.44 bits per heavy atom. The van der Waals surface area contributed by atoms with Gasteiger partial charge in [-0.25, -0.2) is 4.98 Å². The zero-order valence-electron chi connectivity index (χ0n) is 9.02. The van der Waals surface area contributed by atoms with E-state index in [1.54, 1.807) is 23.1 Å². The van der Waals surface area contributed by atoms with Gasteiger partial charge in [-0.2, -0.15) is 0 Å². The van der Waals surface area contributed by atoms with Crippen molar-refractivity contribution < 1.29 is 9.53 Å². The summed E-state index contributed by atoms with van der Waals surface area (Å²) in [6.07, 6.45) is 0.0804. The summed E-state index contributed by atoms with van der Waals surface area (Å²) in [5.41, 5.74) is 0.390. The zero-order chi connectivity index (χ0) is 11.5. The van der Waals surface area contributed by atoms with Crippen molar-refractivity contribution in [2.24, 2.45) is 0 Å². The van der Waals surface area contributed by atoms with Crippen LogP contribution < -0.4 is 0 Å². The number of pyridine rings is 1. The number of hydrogen-bond acceptors (Lipinski definition) is 3. The lowest BCUT2D eigenvalue weighted by atomic mass is 10.2. The summed E-state index contributed by atoms with van der Waals surface area (Å²) in [6.45, 7) is 3.74. The Bertz CT molecular complexity index is 397. The molecule has 0 saturated carbocycles. The number of morpholine rings is 1. The molecule has 16 heavy (non-hydrogen) atoms. The fraction of sp³-hybridized carbons (Fsp3) is 0.455. The minimum absolute atomic E-state index is 0.0804. The SMILES string of the molecule is CC1CN(C(=O)c2cccc(Cl)n2)CCO1. The highest BCUT2D eigenvalue weighted by Gasteiger charge is 2.23. The van der Waals surface area contributed by atoms with Gasteiger partial charge in [0.1, 0.15) is 10.8 Å². The summed E-state index contributed by atoms with van der Waals surface area (Å²) < 4.78 is 5.38. The Morgan fingerprint density at radius 1 is 1.62 bits per heavy atom. The van der Waals surface area contributed by atoms with Gasteiger partial charge in [0.25, 0.3) is 5.91 Å². The summed E-state index contributed by atoms with van der Waals surface area (Å²) in [5.74, 6) is -0.0855. The number of aromatic nitrogens is 1. The van der Waals surface area contributed by atoms with Gasteiger partial charge < -0.3 is 9.64 Å². The van der Waals surface area contributed by atoms with Crippen LogP contribution in [0, 0.1) is 0 Å². The van der Waals surface area contributed by atoms with E-state index in [9.17, 15) is 4.79 Å². The van der Waals surface area contributed by atoms with E-state index < -0.39 is 0 Å². The predicted molar refractivity (Wildman–Crippen MR) is 60.6 cm³/mol. The number of carbonyl (C=O) groups excluding carboxylic acids is 1. The molecule has 1 amide bonds. The smallest absolute Gasteiger partial charge is 0.272 e. The average molecular weight is 241 g/mol. The molecule has 0 N–H and O–H groups in total. The first-order valence-corrected chi connectivity index (χ1v) is 5.58. The van der Waals surface area contributed by atoms with Gasteiger partial charge in [-0.1, -0.05) is 17.7 Å². The van der Waals surface area contributed by atoms with Gasteiger partial charge in [-0.05, 0) is 19.1 Å². The molecule has 0 spiro atoms. The molecule has 5 heteroatoms. The molecular formula is C11H13ClN2O2. The van der Waals surface area contributed by atoms with Gasteiger partial charge in [0.15, 0.2) is 0 Å². The second kappa shape index (κ2) is 4.80. The normalized spacial score (nSPS) is 20.9. The molecule has 1 aliphatic rings. The molecule has 0 aliphatic carbocycles. The van der Waals surface area contributed by atoms with Crippen molar-refractivity contribution >= 4 is 17.5 Å². The Hall–Kier alpha value is -1.13. The van der Waals surface area contributed by atoms with E-state index in [0.29, 0.717) is 30.5 Å². The van der Waals surface area contributed by atoms with Gasteiger partial charge in [0, 0.05) is 13.1 Å². The Morgan fingerprint density at radius 3 is 3.12 bits per heavy atom. The summed E-state index contributed by atoms with van der Waals surface area (Å²) >= 11 is 5.75. The van der Waals surface area contributed by atoms with Crippen LogP contribution in [-0.2, 0) is 4.74 Å². The van der Waals surface area contributed by atoms with E-state index in [4.69, 9.17) is 16.3 Å². The maximum absolute atomic E-state index is 12.0. The minimum atomic E-state index is -0.0855. The van der Waals surface area contributed by atoms with Crippen LogP contribution in [0.4, 0.5) is 0 Å². The van der Waals surface area contributed by atoms with E-state index >= 15 is 0 Å². The second-order valence-electron chi connectivity index (χ2n) is 3.78. The summed E-state index contributed by atoms with van der Waals surface area (Å²) in [5, 5.41) is 0.340. The molecule has 4 nitrogen and oxygen atoms in total. The Kier molecular flexibility index (Phi) is 3.41. The summed E-state index contributed by atoms with van der Waals surface area (Å²) in [6, 6.07) is 5.06. The number of amides is 1. The van der Waals surface area contributed by atoms with Crippen LogP contribution in [-0.4, -0.2) is 41.6 Å². The topological polar surface area (TPSA) is 42.4 Å². The molecule has 1 fully saturated rings. The first-order chi connectivity index (χ1) is 7.66. The van der Waals surface area contributed by atoms with Gasteiger partial charge in [0.05, 0.1) is 12.7 Å². The monoisotopic (exact) mass is 240 g/mol. The van der Waals surface area contributed by atoms with Crippen LogP contribution in [0.15, 0.2) is 18.2 Å². The van der Waals surface area contributed by atoms with Crippen molar-refractivity contribution in [2.45, 2.75) is 13.0 Å². The number of rotatable bonds is 1. The number of halogens is 1. The van der Waals surface area contributed by atoms with E-state index in [0.717, 1.165) is 0 Å². The average Bonchev–Trinajstić information content (AvgIpc) is 2.28. The third-order valence-electron chi connectivity index (χ3n) is 2.46. The number of nitrogens with zero attached hydrogens (tertiary/aromatic N) is 2. The zero-order valence-corrected chi connectivity index (χ0v) is 9.78. The molecule has 0 bridgehead atoms. The predicted octanol–water partition coefficient (Wildman–Crippen LogP) is 1.60. The third-order valence-corrected chi connectivity index (χ3v) is 2.67. The molecule has 1 aromatic heterocycles. The molecule has 86 valence electrons. The van der Waals surface area contributed by atoms with E-state index in [1.807, 2.05) is 6.92 Å². The lowest BCUT2D eigenvalue weighted by molar-refractivity contribution is -0.0126. The van der Waals surface area contributed by atoms with E-state index in [-0.39, 0.29) is 12.0 Å². The first kappa shape index (κ1) is 11.4. The number of ether oxygens (including phenoxy) is 1. The molecule has 1 aromatic rings. The molecule has 1 unspecified atom stereocenters. The van der Waals surface area contributed by atoms with Crippen LogP contribution >= 0.6 is 11.6 Å². The molecule has 0 radical (unpaired) electrons. The quantitative estimate of drug-likeness (QED) is 0.701. The van der Waals surface area contributed by atoms with Crippen molar-refractivity contribution in [3.8, 4) is 0 Å². The number of carbonyl (C=O) groups is 1. The highest BCUT2D eigenvalue weighted by atomic mass is 35.5. The largest absolute Gasteiger partial charge is 0.375 e. The van der Waals surface area contributed by atoms with E-state index in [2.05, 4.69) is 4.98 Å². The highest BCUT2D eigenvalue weighted by Crippen LogP contribution is 2.11. The standard InChI is InChI=1S/C11H13ClN2O2/c1-8-7-14(5-6-16-8)11(15)9-3-2-4-10(12)13-9/h2-4,8H,5-7H2,1H3. The fourth-order valence-corrected chi connectivity index (χ4v) is 1.86. The number of hydrogen-bond donors (Lipinski definition) is 0. The molecule has 1 aliphatic heterocycles. The van der Waals surface area contributed by atoms with Crippen molar-refractivity contribution in [1.29, 1.82) is 0 Å². The minimum Gasteiger partial charge on any atom is -0.375 e. The van der Waals surface area contributed by atoms with Crippen LogP contribution in [0.1, 0.15) is 17.4 Å². The molecule has 1 atom stereocenters. The molecule has 0 aromatic carbocycles. The fourth-order valence-electron chi connectivity index (χ4n) is 1.69. The molecule has 2 heterocycles. The van der Waals surface area contributed by atoms with Crippen molar-refractivity contribution in [1.82, 2.24) is 9.88 Å². The van der Waals surface area contributed by atoms with E-state index in [1.165, 1.54) is 0 Å². The van der Waals surface area contributed by atoms with Crippen molar-refractivity contribution in [3.63, 3.8) is 0 Å². The maximum Gasteiger partial charge on any atom is 0.272 e. The van der Waals surface area contributed by atoms with Gasteiger partial charge >= 0.3 is 0 Å². The highest BCUT2D eigenvalue weighted by molar-refractivity contribution is 6.29. The maximum atomic E-state index is 12.0. The molecular weight excluding hydrogens is 228 g/mol. The lowest BCUT2D eigenvalue weighted by Gasteiger charge is -2.30. The van der Waals surface area contributed by atoms with Crippen LogP contribution in [0.3, 0.4) is 0 Å². The lowest BCUT2D eigenvalue weighted by Crippen LogP contribution is -2.44. The van der Waals surface area contributed by atoms with Crippen molar-refractivity contribution in [3.05, 3.63) is 29.0 Å².